The summed E-state index contributed by atoms with van der Waals surface area (Å²) in [5.41, 5.74) is 0. The van der Waals surface area contributed by atoms with Crippen molar-refractivity contribution in [3.8, 4) is 11.5 Å². The van der Waals surface area contributed by atoms with Gasteiger partial charge >= 0.3 is 11.9 Å². The molecule has 26 heavy (non-hydrogen) atoms. The molecule has 0 saturated heterocycles. The standard InChI is InChI=1S/C14H2Cl8O4/c15-3-1-5(9(19)11(21)7(3)17)25-13(23)14(24)26-6-2-4(16)8(18)12(22)10(6)20/h1-2H. The second-order valence-electron chi connectivity index (χ2n) is 4.38. The second-order valence-corrected chi connectivity index (χ2v) is 7.46. The van der Waals surface area contributed by atoms with Gasteiger partial charge in [-0.15, -0.1) is 0 Å². The highest BCUT2D eigenvalue weighted by molar-refractivity contribution is 6.53. The Morgan fingerprint density at radius 3 is 1.15 bits per heavy atom. The van der Waals surface area contributed by atoms with E-state index in [4.69, 9.17) is 102 Å². The van der Waals surface area contributed by atoms with Crippen molar-refractivity contribution in [2.75, 3.05) is 0 Å². The maximum atomic E-state index is 11.9. The second kappa shape index (κ2) is 8.80. The molecule has 0 unspecified atom stereocenters. The summed E-state index contributed by atoms with van der Waals surface area (Å²) in [4.78, 5) is 23.8. The summed E-state index contributed by atoms with van der Waals surface area (Å²) < 4.78 is 9.62. The molecule has 0 radical (unpaired) electrons. The van der Waals surface area contributed by atoms with E-state index in [1.54, 1.807) is 0 Å². The normalized spacial score (nSPS) is 10.6. The highest BCUT2D eigenvalue weighted by atomic mass is 35.5. The van der Waals surface area contributed by atoms with Crippen LogP contribution in [-0.2, 0) is 9.59 Å². The molecule has 0 saturated carbocycles. The molecule has 2 aromatic carbocycles. The number of hydrogen-bond donors (Lipinski definition) is 0. The minimum absolute atomic E-state index is 0.0436. The summed E-state index contributed by atoms with van der Waals surface area (Å²) >= 11 is 46.7. The smallest absolute Gasteiger partial charge is 0.416 e. The van der Waals surface area contributed by atoms with Crippen LogP contribution >= 0.6 is 92.8 Å². The topological polar surface area (TPSA) is 52.6 Å². The summed E-state index contributed by atoms with van der Waals surface area (Å²) in [7, 11) is 0. The van der Waals surface area contributed by atoms with Crippen LogP contribution in [0.25, 0.3) is 0 Å². The van der Waals surface area contributed by atoms with Crippen molar-refractivity contribution in [2.45, 2.75) is 0 Å². The molecule has 2 aromatic rings. The van der Waals surface area contributed by atoms with E-state index in [0.717, 1.165) is 12.1 Å². The van der Waals surface area contributed by atoms with Crippen LogP contribution in [0, 0.1) is 0 Å². The lowest BCUT2D eigenvalue weighted by molar-refractivity contribution is -0.156. The first-order chi connectivity index (χ1) is 12.0. The van der Waals surface area contributed by atoms with E-state index < -0.39 is 11.9 Å². The molecule has 0 aromatic heterocycles. The first kappa shape index (κ1) is 22.0. The number of benzene rings is 2. The largest absolute Gasteiger partial charge is 0.423 e. The number of hydrogen-bond acceptors (Lipinski definition) is 4. The van der Waals surface area contributed by atoms with Crippen LogP contribution in [0.1, 0.15) is 0 Å². The molecule has 0 amide bonds. The molecule has 0 fully saturated rings. The van der Waals surface area contributed by atoms with Gasteiger partial charge in [0.05, 0.1) is 30.1 Å². The third kappa shape index (κ3) is 4.57. The fraction of sp³-hybridized carbons (Fsp3) is 0. The van der Waals surface area contributed by atoms with Crippen LogP contribution in [0.3, 0.4) is 0 Å². The van der Waals surface area contributed by atoms with E-state index in [2.05, 4.69) is 0 Å². The third-order valence-electron chi connectivity index (χ3n) is 2.71. The highest BCUT2D eigenvalue weighted by Gasteiger charge is 2.25. The van der Waals surface area contributed by atoms with E-state index in [1.807, 2.05) is 0 Å². The Balaban J connectivity index is 2.24. The molecule has 0 atom stereocenters. The average molecular weight is 518 g/mol. The van der Waals surface area contributed by atoms with E-state index >= 15 is 0 Å². The predicted octanol–water partition coefficient (Wildman–Crippen LogP) is 7.42. The van der Waals surface area contributed by atoms with E-state index in [-0.39, 0.29) is 51.7 Å². The van der Waals surface area contributed by atoms with Gasteiger partial charge in [0.1, 0.15) is 10.0 Å². The maximum absolute atomic E-state index is 11.9. The minimum Gasteiger partial charge on any atom is -0.416 e. The molecule has 138 valence electrons. The Kier molecular flexibility index (Phi) is 7.45. The lowest BCUT2D eigenvalue weighted by Gasteiger charge is -2.11. The van der Waals surface area contributed by atoms with Crippen molar-refractivity contribution in [3.05, 3.63) is 52.3 Å². The summed E-state index contributed by atoms with van der Waals surface area (Å²) in [5.74, 6) is -3.49. The summed E-state index contributed by atoms with van der Waals surface area (Å²) in [6.45, 7) is 0. The van der Waals surface area contributed by atoms with Gasteiger partial charge in [0.2, 0.25) is 0 Å². The molecule has 0 N–H and O–H groups in total. The molecule has 2 rings (SSSR count). The monoisotopic (exact) mass is 514 g/mol. The molecular formula is C14H2Cl8O4. The lowest BCUT2D eigenvalue weighted by Crippen LogP contribution is -2.25. The first-order valence-electron chi connectivity index (χ1n) is 6.14. The number of rotatable bonds is 2. The third-order valence-corrected chi connectivity index (χ3v) is 6.18. The van der Waals surface area contributed by atoms with E-state index in [0.29, 0.717) is 0 Å². The number of carbonyl (C=O) groups excluding carboxylic acids is 2. The number of halogens is 8. The molecular weight excluding hydrogens is 516 g/mol. The zero-order valence-electron chi connectivity index (χ0n) is 11.8. The molecule has 0 aliphatic rings. The van der Waals surface area contributed by atoms with Crippen molar-refractivity contribution in [1.29, 1.82) is 0 Å². The van der Waals surface area contributed by atoms with Crippen molar-refractivity contribution in [2.24, 2.45) is 0 Å². The van der Waals surface area contributed by atoms with Gasteiger partial charge < -0.3 is 9.47 Å². The predicted molar refractivity (Wildman–Crippen MR) is 104 cm³/mol. The lowest BCUT2D eigenvalue weighted by atomic mass is 10.3. The average Bonchev–Trinajstić information content (AvgIpc) is 2.60. The van der Waals surface area contributed by atoms with Crippen LogP contribution in [-0.4, -0.2) is 11.9 Å². The number of carbonyl (C=O) groups is 2. The minimum atomic E-state index is -1.44. The van der Waals surface area contributed by atoms with E-state index in [9.17, 15) is 9.59 Å². The van der Waals surface area contributed by atoms with Crippen molar-refractivity contribution in [1.82, 2.24) is 0 Å². The van der Waals surface area contributed by atoms with Crippen LogP contribution in [0.4, 0.5) is 0 Å². The Bertz CT molecular complexity index is 853. The van der Waals surface area contributed by atoms with Gasteiger partial charge in [0.25, 0.3) is 0 Å². The fourth-order valence-corrected chi connectivity index (χ4v) is 3.18. The van der Waals surface area contributed by atoms with Crippen LogP contribution < -0.4 is 9.47 Å². The highest BCUT2D eigenvalue weighted by Crippen LogP contribution is 2.43. The summed E-state index contributed by atoms with van der Waals surface area (Å²) in [6, 6.07) is 2.21. The Labute approximate surface area is 186 Å². The molecule has 0 bridgehead atoms. The van der Waals surface area contributed by atoms with Crippen molar-refractivity contribution in [3.63, 3.8) is 0 Å². The Hall–Kier alpha value is -0.300. The molecule has 4 nitrogen and oxygen atoms in total. The van der Waals surface area contributed by atoms with Crippen LogP contribution in [0.2, 0.25) is 40.2 Å². The van der Waals surface area contributed by atoms with Gasteiger partial charge in [-0.25, -0.2) is 9.59 Å². The van der Waals surface area contributed by atoms with Crippen molar-refractivity contribution < 1.29 is 19.1 Å². The van der Waals surface area contributed by atoms with Gasteiger partial charge in [0.15, 0.2) is 11.5 Å². The van der Waals surface area contributed by atoms with Crippen LogP contribution in [0.5, 0.6) is 11.5 Å². The summed E-state index contributed by atoms with van der Waals surface area (Å²) in [6.07, 6.45) is 0. The molecule has 0 heterocycles. The molecule has 12 heteroatoms. The fourth-order valence-electron chi connectivity index (χ4n) is 1.53. The SMILES string of the molecule is O=C(Oc1cc(Cl)c(Cl)c(Cl)c1Cl)C(=O)Oc1cc(Cl)c(Cl)c(Cl)c1Cl. The van der Waals surface area contributed by atoms with Crippen LogP contribution in [0.15, 0.2) is 12.1 Å². The maximum Gasteiger partial charge on any atom is 0.423 e. The first-order valence-corrected chi connectivity index (χ1v) is 9.17. The number of ether oxygens (including phenoxy) is 2. The molecule has 0 aliphatic carbocycles. The zero-order valence-corrected chi connectivity index (χ0v) is 17.9. The molecule has 0 aliphatic heterocycles. The Morgan fingerprint density at radius 1 is 0.538 bits per heavy atom. The summed E-state index contributed by atoms with van der Waals surface area (Å²) in [5, 5.41) is -0.938. The van der Waals surface area contributed by atoms with Gasteiger partial charge in [0, 0.05) is 12.1 Å². The quantitative estimate of drug-likeness (QED) is 0.137. The zero-order chi connectivity index (χ0) is 19.8. The number of esters is 2. The van der Waals surface area contributed by atoms with Gasteiger partial charge in [-0.05, 0) is 0 Å². The Morgan fingerprint density at radius 2 is 0.846 bits per heavy atom. The van der Waals surface area contributed by atoms with E-state index in [1.165, 1.54) is 0 Å². The van der Waals surface area contributed by atoms with Crippen molar-refractivity contribution >= 4 is 105 Å². The van der Waals surface area contributed by atoms with Gasteiger partial charge in [-0.3, -0.25) is 0 Å². The van der Waals surface area contributed by atoms with Gasteiger partial charge in [-0.1, -0.05) is 92.8 Å². The molecule has 0 spiro atoms. The van der Waals surface area contributed by atoms with Gasteiger partial charge in [-0.2, -0.15) is 0 Å².